The van der Waals surface area contributed by atoms with Crippen molar-refractivity contribution in [3.8, 4) is 0 Å². The van der Waals surface area contributed by atoms with Crippen molar-refractivity contribution in [2.45, 2.75) is 44.8 Å². The van der Waals surface area contributed by atoms with Gasteiger partial charge in [0.25, 0.3) is 0 Å². The summed E-state index contributed by atoms with van der Waals surface area (Å²) in [5, 5.41) is 3.11. The summed E-state index contributed by atoms with van der Waals surface area (Å²) in [6, 6.07) is 8.07. The van der Waals surface area contributed by atoms with Crippen molar-refractivity contribution in [2.75, 3.05) is 18.8 Å². The van der Waals surface area contributed by atoms with E-state index < -0.39 is 9.84 Å². The molecule has 0 bridgehead atoms. The molecule has 0 aromatic heterocycles. The van der Waals surface area contributed by atoms with Crippen LogP contribution >= 0.6 is 15.9 Å². The Kier molecular flexibility index (Phi) is 7.92. The van der Waals surface area contributed by atoms with Gasteiger partial charge in [0.15, 0.2) is 9.84 Å². The topological polar surface area (TPSA) is 46.2 Å². The van der Waals surface area contributed by atoms with Gasteiger partial charge in [0.1, 0.15) is 0 Å². The second-order valence-corrected chi connectivity index (χ2v) is 9.16. The lowest BCUT2D eigenvalue weighted by Crippen LogP contribution is -2.26. The number of rotatable bonds is 9. The Hall–Kier alpha value is -0.390. The molecule has 1 rings (SSSR count). The normalized spacial score (nSPS) is 13.6. The fourth-order valence-corrected chi connectivity index (χ4v) is 3.86. The van der Waals surface area contributed by atoms with Crippen molar-refractivity contribution in [2.24, 2.45) is 0 Å². The lowest BCUT2D eigenvalue weighted by atomic mass is 9.96. The Balaban J connectivity index is 2.81. The predicted octanol–water partition coefficient (Wildman–Crippen LogP) is 3.75. The fraction of sp³-hybridized carbons (Fsp3) is 0.625. The molecule has 0 aliphatic rings. The van der Waals surface area contributed by atoms with Crippen LogP contribution in [0.5, 0.6) is 0 Å². The van der Waals surface area contributed by atoms with E-state index in [-0.39, 0.29) is 16.9 Å². The van der Waals surface area contributed by atoms with Crippen LogP contribution in [0.1, 0.15) is 45.1 Å². The van der Waals surface area contributed by atoms with E-state index in [0.29, 0.717) is 6.42 Å². The second kappa shape index (κ2) is 8.91. The van der Waals surface area contributed by atoms with Crippen LogP contribution in [0, 0.1) is 0 Å². The number of nitrogens with one attached hydrogen (secondary N) is 1. The van der Waals surface area contributed by atoms with Gasteiger partial charge in [-0.1, -0.05) is 41.1 Å². The molecule has 5 heteroatoms. The molecule has 0 amide bonds. The zero-order chi connectivity index (χ0) is 15.9. The van der Waals surface area contributed by atoms with Crippen molar-refractivity contribution in [3.05, 3.63) is 34.3 Å². The average molecular weight is 376 g/mol. The zero-order valence-corrected chi connectivity index (χ0v) is 15.5. The highest BCUT2D eigenvalue weighted by Gasteiger charge is 2.21. The minimum atomic E-state index is -2.99. The van der Waals surface area contributed by atoms with Crippen LogP contribution in [0.3, 0.4) is 0 Å². The van der Waals surface area contributed by atoms with Crippen molar-refractivity contribution >= 4 is 25.8 Å². The maximum Gasteiger partial charge on any atom is 0.152 e. The van der Waals surface area contributed by atoms with Crippen LogP contribution in [-0.4, -0.2) is 32.5 Å². The van der Waals surface area contributed by atoms with E-state index in [1.54, 1.807) is 13.8 Å². The minimum absolute atomic E-state index is 0.209. The van der Waals surface area contributed by atoms with E-state index in [2.05, 4.69) is 34.2 Å². The van der Waals surface area contributed by atoms with Crippen LogP contribution < -0.4 is 5.32 Å². The number of benzene rings is 1. The molecule has 1 N–H and O–H groups in total. The molecule has 1 unspecified atom stereocenters. The van der Waals surface area contributed by atoms with Crippen molar-refractivity contribution in [3.63, 3.8) is 0 Å². The SMILES string of the molecule is CCCNCC(CCS(=O)(=O)C(C)C)c1ccccc1Br. The average Bonchev–Trinajstić information content (AvgIpc) is 2.43. The maximum atomic E-state index is 12.0. The molecule has 0 spiro atoms. The molecule has 3 nitrogen and oxygen atoms in total. The van der Waals surface area contributed by atoms with Gasteiger partial charge in [-0.25, -0.2) is 8.42 Å². The molecule has 0 saturated heterocycles. The first kappa shape index (κ1) is 18.7. The number of sulfone groups is 1. The molecule has 0 heterocycles. The lowest BCUT2D eigenvalue weighted by molar-refractivity contribution is 0.550. The summed E-state index contributed by atoms with van der Waals surface area (Å²) in [6.07, 6.45) is 1.73. The first-order chi connectivity index (χ1) is 9.88. The van der Waals surface area contributed by atoms with E-state index in [4.69, 9.17) is 0 Å². The van der Waals surface area contributed by atoms with Crippen molar-refractivity contribution in [1.82, 2.24) is 5.32 Å². The van der Waals surface area contributed by atoms with Gasteiger partial charge in [0.05, 0.1) is 11.0 Å². The second-order valence-electron chi connectivity index (χ2n) is 5.63. The molecular formula is C16H26BrNO2S. The van der Waals surface area contributed by atoms with Gasteiger partial charge >= 0.3 is 0 Å². The summed E-state index contributed by atoms with van der Waals surface area (Å²) in [5.74, 6) is 0.449. The Labute approximate surface area is 137 Å². The zero-order valence-electron chi connectivity index (χ0n) is 13.1. The largest absolute Gasteiger partial charge is 0.316 e. The molecule has 1 aromatic rings. The van der Waals surface area contributed by atoms with Crippen molar-refractivity contribution < 1.29 is 8.42 Å². The van der Waals surface area contributed by atoms with E-state index in [1.807, 2.05) is 18.2 Å². The van der Waals surface area contributed by atoms with E-state index in [9.17, 15) is 8.42 Å². The summed E-state index contributed by atoms with van der Waals surface area (Å²) in [4.78, 5) is 0. The maximum absolute atomic E-state index is 12.0. The highest BCUT2D eigenvalue weighted by Crippen LogP contribution is 2.27. The monoisotopic (exact) mass is 375 g/mol. The van der Waals surface area contributed by atoms with Gasteiger partial charge in [0.2, 0.25) is 0 Å². The van der Waals surface area contributed by atoms with E-state index >= 15 is 0 Å². The molecule has 0 aliphatic heterocycles. The van der Waals surface area contributed by atoms with Crippen LogP contribution in [-0.2, 0) is 9.84 Å². The first-order valence-electron chi connectivity index (χ1n) is 7.55. The number of hydrogen-bond donors (Lipinski definition) is 1. The molecule has 1 atom stereocenters. The predicted molar refractivity (Wildman–Crippen MR) is 93.6 cm³/mol. The van der Waals surface area contributed by atoms with Gasteiger partial charge in [-0.2, -0.15) is 0 Å². The first-order valence-corrected chi connectivity index (χ1v) is 10.1. The van der Waals surface area contributed by atoms with Crippen LogP contribution in [0.25, 0.3) is 0 Å². The van der Waals surface area contributed by atoms with Gasteiger partial charge in [0, 0.05) is 11.0 Å². The summed E-state index contributed by atoms with van der Waals surface area (Å²) >= 11 is 3.58. The molecule has 21 heavy (non-hydrogen) atoms. The van der Waals surface area contributed by atoms with Gasteiger partial charge in [-0.3, -0.25) is 0 Å². The number of hydrogen-bond acceptors (Lipinski definition) is 3. The van der Waals surface area contributed by atoms with Gasteiger partial charge in [-0.15, -0.1) is 0 Å². The van der Waals surface area contributed by atoms with E-state index in [0.717, 1.165) is 24.0 Å². The highest BCUT2D eigenvalue weighted by atomic mass is 79.9. The fourth-order valence-electron chi connectivity index (χ4n) is 2.17. The molecule has 0 saturated carbocycles. The molecule has 1 aromatic carbocycles. The molecular weight excluding hydrogens is 350 g/mol. The quantitative estimate of drug-likeness (QED) is 0.668. The molecule has 0 aliphatic carbocycles. The summed E-state index contributed by atoms with van der Waals surface area (Å²) < 4.78 is 25.1. The third-order valence-corrected chi connectivity index (χ3v) is 6.60. The standard InChI is InChI=1S/C16H26BrNO2S/c1-4-10-18-12-14(9-11-21(19,20)13(2)3)15-7-5-6-8-16(15)17/h5-8,13-14,18H,4,9-12H2,1-3H3. The Morgan fingerprint density at radius 1 is 1.24 bits per heavy atom. The Morgan fingerprint density at radius 2 is 1.90 bits per heavy atom. The third kappa shape index (κ3) is 6.09. The van der Waals surface area contributed by atoms with Crippen molar-refractivity contribution in [1.29, 1.82) is 0 Å². The smallest absolute Gasteiger partial charge is 0.152 e. The van der Waals surface area contributed by atoms with Crippen LogP contribution in [0.15, 0.2) is 28.7 Å². The molecule has 0 radical (unpaired) electrons. The van der Waals surface area contributed by atoms with Crippen LogP contribution in [0.2, 0.25) is 0 Å². The van der Waals surface area contributed by atoms with Crippen LogP contribution in [0.4, 0.5) is 0 Å². The highest BCUT2D eigenvalue weighted by molar-refractivity contribution is 9.10. The van der Waals surface area contributed by atoms with Gasteiger partial charge < -0.3 is 5.32 Å². The Morgan fingerprint density at radius 3 is 2.48 bits per heavy atom. The third-order valence-electron chi connectivity index (χ3n) is 3.63. The lowest BCUT2D eigenvalue weighted by Gasteiger charge is -2.20. The Bertz CT molecular complexity index is 529. The molecule has 120 valence electrons. The summed E-state index contributed by atoms with van der Waals surface area (Å²) in [7, 11) is -2.99. The number of halogens is 1. The van der Waals surface area contributed by atoms with Gasteiger partial charge in [-0.05, 0) is 50.8 Å². The summed E-state index contributed by atoms with van der Waals surface area (Å²) in [5.41, 5.74) is 1.18. The molecule has 0 fully saturated rings. The minimum Gasteiger partial charge on any atom is -0.316 e. The summed E-state index contributed by atoms with van der Waals surface area (Å²) in [6.45, 7) is 7.39. The van der Waals surface area contributed by atoms with E-state index in [1.165, 1.54) is 5.56 Å².